The molecule has 41 heavy (non-hydrogen) atoms. The third-order valence-corrected chi connectivity index (χ3v) is 6.84. The van der Waals surface area contributed by atoms with Gasteiger partial charge in [-0.1, -0.05) is 36.4 Å². The van der Waals surface area contributed by atoms with Crippen molar-refractivity contribution in [1.82, 2.24) is 14.9 Å². The normalized spacial score (nSPS) is 14.7. The highest BCUT2D eigenvalue weighted by Gasteiger charge is 2.33. The predicted molar refractivity (Wildman–Crippen MR) is 152 cm³/mol. The Kier molecular flexibility index (Phi) is 7.23. The van der Waals surface area contributed by atoms with Gasteiger partial charge in [0.25, 0.3) is 5.91 Å². The number of aromatic nitrogens is 2. The summed E-state index contributed by atoms with van der Waals surface area (Å²) in [7, 11) is 0. The van der Waals surface area contributed by atoms with E-state index in [0.29, 0.717) is 41.4 Å². The van der Waals surface area contributed by atoms with Crippen LogP contribution in [0.4, 0.5) is 0 Å². The van der Waals surface area contributed by atoms with Gasteiger partial charge in [-0.05, 0) is 54.1 Å². The molecular weight excluding hydrogens is 522 g/mol. The number of nitrogens with zero attached hydrogens (tertiary/aromatic N) is 2. The molecule has 0 saturated carbocycles. The Morgan fingerprint density at radius 3 is 2.54 bits per heavy atom. The first kappa shape index (κ1) is 25.9. The lowest BCUT2D eigenvalue weighted by Gasteiger charge is -2.24. The Bertz CT molecular complexity index is 1680. The molecular formula is C32H27N3O6. The Morgan fingerprint density at radius 1 is 0.976 bits per heavy atom. The zero-order chi connectivity index (χ0) is 28.2. The van der Waals surface area contributed by atoms with E-state index in [4.69, 9.17) is 19.3 Å². The second kappa shape index (κ2) is 11.4. The van der Waals surface area contributed by atoms with Crippen molar-refractivity contribution < 1.29 is 28.9 Å². The summed E-state index contributed by atoms with van der Waals surface area (Å²) in [6, 6.07) is 26.0. The number of hydrogen-bond acceptors (Lipinski definition) is 6. The number of carbonyl (C=O) groups excluding carboxylic acids is 1. The number of hydrogen-bond donors (Lipinski definition) is 2. The number of carboxylic acids is 1. The lowest BCUT2D eigenvalue weighted by molar-refractivity contribution is -0.139. The van der Waals surface area contributed by atoms with E-state index in [9.17, 15) is 9.59 Å². The number of fused-ring (bicyclic) bond motifs is 2. The fourth-order valence-corrected chi connectivity index (χ4v) is 4.92. The highest BCUT2D eigenvalue weighted by atomic mass is 16.5. The molecule has 1 aliphatic heterocycles. The molecule has 1 atom stereocenters. The standard InChI is InChI=1S/C32H27N3O6/c36-29(37)20-40-24-12-10-21(11-13-24)31-30-28(14-15-33-31)41-25(19-39-23-6-2-1-3-7-23)18-35(32(30)38)17-22-16-34-27-9-5-4-8-26(22)27/h1-16,25,34H,17-20H2,(H,36,37). The molecule has 2 aromatic heterocycles. The first-order chi connectivity index (χ1) is 20.0. The van der Waals surface area contributed by atoms with Crippen LogP contribution in [0.25, 0.3) is 22.2 Å². The summed E-state index contributed by atoms with van der Waals surface area (Å²) in [4.78, 5) is 34.7. The van der Waals surface area contributed by atoms with Gasteiger partial charge in [-0.3, -0.25) is 9.78 Å². The number of aromatic amines is 1. The summed E-state index contributed by atoms with van der Waals surface area (Å²) in [6.45, 7) is 0.472. The van der Waals surface area contributed by atoms with Crippen LogP contribution in [0, 0.1) is 0 Å². The second-order valence-electron chi connectivity index (χ2n) is 9.65. The van der Waals surface area contributed by atoms with Crippen LogP contribution in [-0.2, 0) is 11.3 Å². The Labute approximate surface area is 235 Å². The monoisotopic (exact) mass is 549 g/mol. The number of aliphatic carboxylic acids is 1. The molecule has 0 radical (unpaired) electrons. The van der Waals surface area contributed by atoms with Gasteiger partial charge in [0.15, 0.2) is 12.7 Å². The molecule has 0 aliphatic carbocycles. The summed E-state index contributed by atoms with van der Waals surface area (Å²) < 4.78 is 17.7. The summed E-state index contributed by atoms with van der Waals surface area (Å²) in [5.41, 5.74) is 3.48. The van der Waals surface area contributed by atoms with E-state index in [1.807, 2.05) is 60.8 Å². The molecule has 0 saturated heterocycles. The van der Waals surface area contributed by atoms with E-state index in [1.165, 1.54) is 0 Å². The van der Waals surface area contributed by atoms with Gasteiger partial charge in [0.2, 0.25) is 0 Å². The van der Waals surface area contributed by atoms with Crippen molar-refractivity contribution in [2.24, 2.45) is 0 Å². The molecule has 6 rings (SSSR count). The van der Waals surface area contributed by atoms with E-state index in [-0.39, 0.29) is 12.5 Å². The highest BCUT2D eigenvalue weighted by Crippen LogP contribution is 2.34. The van der Waals surface area contributed by atoms with Crippen LogP contribution in [0.15, 0.2) is 97.3 Å². The molecule has 1 amide bonds. The van der Waals surface area contributed by atoms with Crippen LogP contribution in [0.1, 0.15) is 15.9 Å². The molecule has 0 bridgehead atoms. The van der Waals surface area contributed by atoms with E-state index < -0.39 is 18.7 Å². The van der Waals surface area contributed by atoms with Crippen LogP contribution in [0.5, 0.6) is 17.2 Å². The number of benzene rings is 3. The van der Waals surface area contributed by atoms with Gasteiger partial charge in [0.1, 0.15) is 29.4 Å². The Balaban J connectivity index is 1.34. The highest BCUT2D eigenvalue weighted by molar-refractivity contribution is 6.03. The van der Waals surface area contributed by atoms with Crippen molar-refractivity contribution in [1.29, 1.82) is 0 Å². The number of carbonyl (C=O) groups is 2. The molecule has 206 valence electrons. The minimum absolute atomic E-state index is 0.207. The minimum atomic E-state index is -1.06. The quantitative estimate of drug-likeness (QED) is 0.261. The smallest absolute Gasteiger partial charge is 0.341 e. The summed E-state index contributed by atoms with van der Waals surface area (Å²) in [6.07, 6.45) is 3.11. The van der Waals surface area contributed by atoms with Crippen molar-refractivity contribution in [3.05, 3.63) is 108 Å². The van der Waals surface area contributed by atoms with Crippen molar-refractivity contribution in [3.63, 3.8) is 0 Å². The van der Waals surface area contributed by atoms with Gasteiger partial charge >= 0.3 is 5.97 Å². The molecule has 3 aromatic carbocycles. The molecule has 5 aromatic rings. The third-order valence-electron chi connectivity index (χ3n) is 6.84. The molecule has 2 N–H and O–H groups in total. The van der Waals surface area contributed by atoms with Gasteiger partial charge in [-0.15, -0.1) is 0 Å². The molecule has 9 heteroatoms. The maximum Gasteiger partial charge on any atom is 0.341 e. The van der Waals surface area contributed by atoms with Gasteiger partial charge in [0.05, 0.1) is 12.2 Å². The van der Waals surface area contributed by atoms with Crippen LogP contribution in [0.3, 0.4) is 0 Å². The summed E-state index contributed by atoms with van der Waals surface area (Å²) >= 11 is 0. The number of amides is 1. The zero-order valence-electron chi connectivity index (χ0n) is 22.0. The largest absolute Gasteiger partial charge is 0.490 e. The number of para-hydroxylation sites is 2. The van der Waals surface area contributed by atoms with E-state index in [2.05, 4.69) is 9.97 Å². The number of ether oxygens (including phenoxy) is 3. The molecule has 1 unspecified atom stereocenters. The van der Waals surface area contributed by atoms with Gasteiger partial charge < -0.3 is 29.2 Å². The van der Waals surface area contributed by atoms with Gasteiger partial charge in [0, 0.05) is 35.4 Å². The fourth-order valence-electron chi connectivity index (χ4n) is 4.92. The molecule has 0 spiro atoms. The minimum Gasteiger partial charge on any atom is -0.490 e. The number of rotatable bonds is 9. The lowest BCUT2D eigenvalue weighted by Crippen LogP contribution is -2.39. The summed E-state index contributed by atoms with van der Waals surface area (Å²) in [5.74, 6) is 0.277. The van der Waals surface area contributed by atoms with Gasteiger partial charge in [-0.25, -0.2) is 4.79 Å². The molecule has 0 fully saturated rings. The average molecular weight is 550 g/mol. The lowest BCUT2D eigenvalue weighted by atomic mass is 10.0. The van der Waals surface area contributed by atoms with Crippen molar-refractivity contribution in [2.45, 2.75) is 12.6 Å². The number of pyridine rings is 1. The van der Waals surface area contributed by atoms with E-state index in [0.717, 1.165) is 22.2 Å². The topological polar surface area (TPSA) is 114 Å². The Morgan fingerprint density at radius 2 is 1.73 bits per heavy atom. The first-order valence-electron chi connectivity index (χ1n) is 13.2. The SMILES string of the molecule is O=C(O)COc1ccc(-c2nccc3c2C(=O)N(Cc2c[nH]c4ccccc24)CC(COc2ccccc2)O3)cc1. The maximum atomic E-state index is 14.2. The van der Waals surface area contributed by atoms with Crippen LogP contribution in [0.2, 0.25) is 0 Å². The zero-order valence-corrected chi connectivity index (χ0v) is 22.0. The fraction of sp³-hybridized carbons (Fsp3) is 0.156. The number of carboxylic acid groups (broad SMARTS) is 1. The number of H-pyrrole nitrogens is 1. The van der Waals surface area contributed by atoms with Crippen LogP contribution < -0.4 is 14.2 Å². The predicted octanol–water partition coefficient (Wildman–Crippen LogP) is 5.18. The van der Waals surface area contributed by atoms with E-state index >= 15 is 0 Å². The summed E-state index contributed by atoms with van der Waals surface area (Å²) in [5, 5.41) is 9.94. The van der Waals surface area contributed by atoms with E-state index in [1.54, 1.807) is 41.4 Å². The third kappa shape index (κ3) is 5.69. The molecule has 9 nitrogen and oxygen atoms in total. The van der Waals surface area contributed by atoms with Crippen molar-refractivity contribution in [3.8, 4) is 28.5 Å². The maximum absolute atomic E-state index is 14.2. The van der Waals surface area contributed by atoms with Crippen LogP contribution >= 0.6 is 0 Å². The van der Waals surface area contributed by atoms with Crippen molar-refractivity contribution >= 4 is 22.8 Å². The molecule has 1 aliphatic rings. The molecule has 3 heterocycles. The Hall–Kier alpha value is -5.31. The van der Waals surface area contributed by atoms with Crippen molar-refractivity contribution in [2.75, 3.05) is 19.8 Å². The first-order valence-corrected chi connectivity index (χ1v) is 13.2. The average Bonchev–Trinajstić information content (AvgIpc) is 3.35. The van der Waals surface area contributed by atoms with Gasteiger partial charge in [-0.2, -0.15) is 0 Å². The number of nitrogens with one attached hydrogen (secondary N) is 1. The van der Waals surface area contributed by atoms with Crippen LogP contribution in [-0.4, -0.2) is 57.7 Å². The second-order valence-corrected chi connectivity index (χ2v) is 9.65.